The minimum Gasteiger partial charge on any atom is -0.362 e. The van der Waals surface area contributed by atoms with Crippen LogP contribution in [-0.4, -0.2) is 11.5 Å². The van der Waals surface area contributed by atoms with Crippen molar-refractivity contribution in [3.63, 3.8) is 0 Å². The fourth-order valence-corrected chi connectivity index (χ4v) is 1.94. The lowest BCUT2D eigenvalue weighted by Gasteiger charge is -1.99. The van der Waals surface area contributed by atoms with Gasteiger partial charge < -0.3 is 5.32 Å². The maximum atomic E-state index is 4.34. The summed E-state index contributed by atoms with van der Waals surface area (Å²) < 4.78 is 0. The summed E-state index contributed by atoms with van der Waals surface area (Å²) >= 11 is 1.70. The van der Waals surface area contributed by atoms with Gasteiger partial charge in [0, 0.05) is 11.9 Å². The molecular formula is C9H14N2S. The lowest BCUT2D eigenvalue weighted by molar-refractivity contribution is 0.759. The van der Waals surface area contributed by atoms with E-state index in [2.05, 4.69) is 15.7 Å². The lowest BCUT2D eigenvalue weighted by Crippen LogP contribution is -2.01. The Morgan fingerprint density at radius 1 is 1.67 bits per heavy atom. The molecule has 0 atom stereocenters. The van der Waals surface area contributed by atoms with Crippen LogP contribution in [0.1, 0.15) is 25.0 Å². The molecule has 0 aliphatic heterocycles. The molecule has 2 rings (SSSR count). The van der Waals surface area contributed by atoms with E-state index in [1.165, 1.54) is 19.3 Å². The van der Waals surface area contributed by atoms with Gasteiger partial charge in [-0.2, -0.15) is 0 Å². The Morgan fingerprint density at radius 3 is 3.08 bits per heavy atom. The van der Waals surface area contributed by atoms with Gasteiger partial charge in [-0.25, -0.2) is 4.98 Å². The highest BCUT2D eigenvalue weighted by molar-refractivity contribution is 7.13. The van der Waals surface area contributed by atoms with Crippen molar-refractivity contribution in [3.05, 3.63) is 11.1 Å². The number of nitrogens with one attached hydrogen (secondary N) is 1. The van der Waals surface area contributed by atoms with Gasteiger partial charge in [-0.1, -0.05) is 12.8 Å². The molecule has 1 fully saturated rings. The third-order valence-corrected chi connectivity index (χ3v) is 3.06. The van der Waals surface area contributed by atoms with Crippen LogP contribution in [0.25, 0.3) is 0 Å². The summed E-state index contributed by atoms with van der Waals surface area (Å²) in [5.41, 5.74) is 1.12. The minimum absolute atomic E-state index is 1.01. The molecule has 0 aromatic carbocycles. The molecule has 12 heavy (non-hydrogen) atoms. The average Bonchev–Trinajstić information content (AvgIpc) is 2.76. The number of aromatic nitrogens is 1. The van der Waals surface area contributed by atoms with Crippen LogP contribution in [0.2, 0.25) is 0 Å². The monoisotopic (exact) mass is 182 g/mol. The molecule has 1 aromatic heterocycles. The maximum absolute atomic E-state index is 4.34. The Balaban J connectivity index is 1.71. The van der Waals surface area contributed by atoms with Gasteiger partial charge in [0.1, 0.15) is 0 Å². The molecule has 1 N–H and O–H groups in total. The van der Waals surface area contributed by atoms with Crippen molar-refractivity contribution in [1.29, 1.82) is 0 Å². The molecule has 1 aromatic rings. The van der Waals surface area contributed by atoms with Crippen LogP contribution in [0.4, 0.5) is 5.13 Å². The first-order chi connectivity index (χ1) is 5.84. The number of aryl methyl sites for hydroxylation is 1. The van der Waals surface area contributed by atoms with E-state index in [1.807, 2.05) is 6.92 Å². The largest absolute Gasteiger partial charge is 0.362 e. The Bertz CT molecular complexity index is 253. The van der Waals surface area contributed by atoms with Gasteiger partial charge in [0.05, 0.1) is 5.69 Å². The molecule has 0 saturated heterocycles. The Hall–Kier alpha value is -0.570. The molecule has 1 aliphatic carbocycles. The average molecular weight is 182 g/mol. The number of hydrogen-bond donors (Lipinski definition) is 1. The van der Waals surface area contributed by atoms with Gasteiger partial charge in [0.25, 0.3) is 0 Å². The van der Waals surface area contributed by atoms with Crippen molar-refractivity contribution in [2.45, 2.75) is 26.2 Å². The van der Waals surface area contributed by atoms with E-state index in [-0.39, 0.29) is 0 Å². The van der Waals surface area contributed by atoms with Crippen LogP contribution < -0.4 is 5.32 Å². The second-order valence-electron chi connectivity index (χ2n) is 3.45. The summed E-state index contributed by atoms with van der Waals surface area (Å²) in [4.78, 5) is 4.34. The Kier molecular flexibility index (Phi) is 2.30. The highest BCUT2D eigenvalue weighted by atomic mass is 32.1. The number of anilines is 1. The van der Waals surface area contributed by atoms with Crippen LogP contribution in [0.15, 0.2) is 5.38 Å². The van der Waals surface area contributed by atoms with E-state index in [4.69, 9.17) is 0 Å². The van der Waals surface area contributed by atoms with Crippen molar-refractivity contribution in [2.75, 3.05) is 11.9 Å². The summed E-state index contributed by atoms with van der Waals surface area (Å²) in [6, 6.07) is 0. The van der Waals surface area contributed by atoms with Crippen LogP contribution in [0, 0.1) is 12.8 Å². The summed E-state index contributed by atoms with van der Waals surface area (Å²) in [7, 11) is 0. The molecule has 1 saturated carbocycles. The topological polar surface area (TPSA) is 24.9 Å². The molecule has 1 aliphatic rings. The summed E-state index contributed by atoms with van der Waals surface area (Å²) in [5, 5.41) is 6.50. The molecular weight excluding hydrogens is 168 g/mol. The van der Waals surface area contributed by atoms with E-state index in [1.54, 1.807) is 11.3 Å². The molecule has 0 radical (unpaired) electrons. The zero-order valence-electron chi connectivity index (χ0n) is 7.34. The fourth-order valence-electron chi connectivity index (χ4n) is 1.22. The number of nitrogens with zero attached hydrogens (tertiary/aromatic N) is 1. The summed E-state index contributed by atoms with van der Waals surface area (Å²) in [5.74, 6) is 1.01. The maximum Gasteiger partial charge on any atom is 0.182 e. The fraction of sp³-hybridized carbons (Fsp3) is 0.667. The molecule has 2 nitrogen and oxygen atoms in total. The zero-order chi connectivity index (χ0) is 8.39. The molecule has 1 heterocycles. The second-order valence-corrected chi connectivity index (χ2v) is 4.31. The standard InChI is InChI=1S/C9H14N2S/c1-7-6-12-9(11-7)10-5-4-8-2-3-8/h6,8H,2-5H2,1H3,(H,10,11). The highest BCUT2D eigenvalue weighted by Gasteiger charge is 2.20. The SMILES string of the molecule is Cc1csc(NCCC2CC2)n1. The van der Waals surface area contributed by atoms with Crippen molar-refractivity contribution in [2.24, 2.45) is 5.92 Å². The quantitative estimate of drug-likeness (QED) is 0.774. The van der Waals surface area contributed by atoms with Crippen molar-refractivity contribution in [1.82, 2.24) is 4.98 Å². The Morgan fingerprint density at radius 2 is 2.50 bits per heavy atom. The molecule has 66 valence electrons. The van der Waals surface area contributed by atoms with Crippen molar-refractivity contribution in [3.8, 4) is 0 Å². The first-order valence-corrected chi connectivity index (χ1v) is 5.38. The smallest absolute Gasteiger partial charge is 0.182 e. The second kappa shape index (κ2) is 3.44. The van der Waals surface area contributed by atoms with E-state index in [0.29, 0.717) is 0 Å². The van der Waals surface area contributed by atoms with Gasteiger partial charge in [0.15, 0.2) is 5.13 Å². The van der Waals surface area contributed by atoms with Gasteiger partial charge in [0.2, 0.25) is 0 Å². The molecule has 0 spiro atoms. The summed E-state index contributed by atoms with van der Waals surface area (Å²) in [6.07, 6.45) is 4.20. The van der Waals surface area contributed by atoms with Gasteiger partial charge in [-0.05, 0) is 19.3 Å². The van der Waals surface area contributed by atoms with Crippen molar-refractivity contribution < 1.29 is 0 Å². The highest BCUT2D eigenvalue weighted by Crippen LogP contribution is 2.32. The molecule has 0 bridgehead atoms. The Labute approximate surface area is 77.0 Å². The minimum atomic E-state index is 1.01. The first-order valence-electron chi connectivity index (χ1n) is 4.50. The van der Waals surface area contributed by atoms with E-state index >= 15 is 0 Å². The van der Waals surface area contributed by atoms with Crippen LogP contribution in [-0.2, 0) is 0 Å². The molecule has 0 amide bonds. The predicted molar refractivity (Wildman–Crippen MR) is 52.7 cm³/mol. The third-order valence-electron chi connectivity index (χ3n) is 2.14. The van der Waals surface area contributed by atoms with Crippen LogP contribution in [0.3, 0.4) is 0 Å². The number of thiazole rings is 1. The predicted octanol–water partition coefficient (Wildman–Crippen LogP) is 2.66. The van der Waals surface area contributed by atoms with Crippen LogP contribution in [0.5, 0.6) is 0 Å². The third kappa shape index (κ3) is 2.21. The van der Waals surface area contributed by atoms with Gasteiger partial charge in [-0.15, -0.1) is 11.3 Å². The normalized spacial score (nSPS) is 16.4. The van der Waals surface area contributed by atoms with E-state index in [9.17, 15) is 0 Å². The van der Waals surface area contributed by atoms with E-state index in [0.717, 1.165) is 23.3 Å². The van der Waals surface area contributed by atoms with Crippen molar-refractivity contribution >= 4 is 16.5 Å². The van der Waals surface area contributed by atoms with Gasteiger partial charge in [-0.3, -0.25) is 0 Å². The lowest BCUT2D eigenvalue weighted by atomic mass is 10.3. The number of rotatable bonds is 4. The van der Waals surface area contributed by atoms with Gasteiger partial charge >= 0.3 is 0 Å². The molecule has 0 unspecified atom stereocenters. The molecule has 3 heteroatoms. The first kappa shape index (κ1) is 8.05. The zero-order valence-corrected chi connectivity index (χ0v) is 8.16. The van der Waals surface area contributed by atoms with E-state index < -0.39 is 0 Å². The number of hydrogen-bond acceptors (Lipinski definition) is 3. The van der Waals surface area contributed by atoms with Crippen LogP contribution >= 0.6 is 11.3 Å². The summed E-state index contributed by atoms with van der Waals surface area (Å²) in [6.45, 7) is 3.13.